The highest BCUT2D eigenvalue weighted by Gasteiger charge is 2.37. The van der Waals surface area contributed by atoms with Crippen LogP contribution in [0.4, 0.5) is 5.82 Å². The molecule has 1 saturated carbocycles. The Hall–Kier alpha value is -2.47. The summed E-state index contributed by atoms with van der Waals surface area (Å²) in [4.78, 5) is 12.4. The van der Waals surface area contributed by atoms with Gasteiger partial charge in [-0.05, 0) is 31.9 Å². The van der Waals surface area contributed by atoms with E-state index in [1.807, 2.05) is 49.4 Å². The molecule has 4 N–H and O–H groups in total. The summed E-state index contributed by atoms with van der Waals surface area (Å²) in [5.41, 5.74) is 7.77. The summed E-state index contributed by atoms with van der Waals surface area (Å²) in [6.45, 7) is 3.12. The number of carbonyl (C=O) groups is 1. The van der Waals surface area contributed by atoms with Crippen LogP contribution in [0.5, 0.6) is 0 Å². The molecular formula is C20H27N5O. The van der Waals surface area contributed by atoms with Crippen LogP contribution in [0.3, 0.4) is 0 Å². The molecule has 0 radical (unpaired) electrons. The van der Waals surface area contributed by atoms with Crippen molar-refractivity contribution in [3.63, 3.8) is 0 Å². The Morgan fingerprint density at radius 1 is 1.15 bits per heavy atom. The molecule has 1 aromatic carbocycles. The van der Waals surface area contributed by atoms with Crippen molar-refractivity contribution in [2.45, 2.75) is 38.1 Å². The van der Waals surface area contributed by atoms with Crippen molar-refractivity contribution in [2.24, 2.45) is 11.7 Å². The van der Waals surface area contributed by atoms with Gasteiger partial charge in [0.15, 0.2) is 0 Å². The number of anilines is 1. The highest BCUT2D eigenvalue weighted by atomic mass is 16.1. The second-order valence-electron chi connectivity index (χ2n) is 7.19. The van der Waals surface area contributed by atoms with Gasteiger partial charge in [0.05, 0.1) is 11.6 Å². The fourth-order valence-corrected chi connectivity index (χ4v) is 3.48. The molecule has 0 bridgehead atoms. The summed E-state index contributed by atoms with van der Waals surface area (Å²) in [5, 5.41) is 14.6. The van der Waals surface area contributed by atoms with E-state index in [9.17, 15) is 4.79 Å². The van der Waals surface area contributed by atoms with Crippen LogP contribution in [0.25, 0.3) is 11.3 Å². The van der Waals surface area contributed by atoms with Crippen molar-refractivity contribution in [3.8, 4) is 11.3 Å². The van der Waals surface area contributed by atoms with Gasteiger partial charge in [-0.15, -0.1) is 10.2 Å². The van der Waals surface area contributed by atoms with Gasteiger partial charge in [-0.3, -0.25) is 4.79 Å². The maximum Gasteiger partial charge on any atom is 0.225 e. The molecule has 2 aromatic rings. The number of hydrogen-bond donors (Lipinski definition) is 3. The Morgan fingerprint density at radius 3 is 2.65 bits per heavy atom. The number of nitrogens with one attached hydrogen (secondary N) is 2. The number of hydrogen-bond acceptors (Lipinski definition) is 5. The van der Waals surface area contributed by atoms with Crippen LogP contribution in [0.15, 0.2) is 42.5 Å². The van der Waals surface area contributed by atoms with E-state index >= 15 is 0 Å². The molecular weight excluding hydrogens is 326 g/mol. The number of rotatable bonds is 6. The average Bonchev–Trinajstić information content (AvgIpc) is 2.66. The van der Waals surface area contributed by atoms with Gasteiger partial charge >= 0.3 is 0 Å². The van der Waals surface area contributed by atoms with Gasteiger partial charge in [0, 0.05) is 24.2 Å². The van der Waals surface area contributed by atoms with Crippen LogP contribution in [-0.2, 0) is 4.79 Å². The second kappa shape index (κ2) is 8.27. The Morgan fingerprint density at radius 2 is 1.96 bits per heavy atom. The number of amides is 1. The van der Waals surface area contributed by atoms with Gasteiger partial charge in [0.2, 0.25) is 5.91 Å². The van der Waals surface area contributed by atoms with E-state index in [-0.39, 0.29) is 11.8 Å². The van der Waals surface area contributed by atoms with Crippen molar-refractivity contribution in [2.75, 3.05) is 18.4 Å². The minimum Gasteiger partial charge on any atom is -0.367 e. The standard InChI is InChI=1S/C20H27N5O/c1-20(21)12-6-5-9-16(20)19(26)23-14-13-22-18-11-10-17(24-25-18)15-7-3-2-4-8-15/h2-4,7-8,10-11,16H,5-6,9,12-14,21H2,1H3,(H,22,25)(H,23,26). The summed E-state index contributed by atoms with van der Waals surface area (Å²) in [7, 11) is 0. The fourth-order valence-electron chi connectivity index (χ4n) is 3.48. The van der Waals surface area contributed by atoms with Crippen LogP contribution in [0, 0.1) is 5.92 Å². The van der Waals surface area contributed by atoms with Crippen molar-refractivity contribution >= 4 is 11.7 Å². The van der Waals surface area contributed by atoms with Crippen molar-refractivity contribution < 1.29 is 4.79 Å². The van der Waals surface area contributed by atoms with Crippen molar-refractivity contribution in [3.05, 3.63) is 42.5 Å². The van der Waals surface area contributed by atoms with E-state index in [0.717, 1.165) is 36.9 Å². The predicted octanol–water partition coefficient (Wildman–Crippen LogP) is 2.58. The third-order valence-electron chi connectivity index (χ3n) is 5.04. The highest BCUT2D eigenvalue weighted by molar-refractivity contribution is 5.80. The molecule has 1 heterocycles. The number of nitrogens with zero attached hydrogens (tertiary/aromatic N) is 2. The molecule has 1 aliphatic carbocycles. The minimum absolute atomic E-state index is 0.0574. The van der Waals surface area contributed by atoms with Crippen molar-refractivity contribution in [1.29, 1.82) is 0 Å². The Labute approximate surface area is 154 Å². The Balaban J connectivity index is 1.44. The highest BCUT2D eigenvalue weighted by Crippen LogP contribution is 2.31. The molecule has 2 atom stereocenters. The lowest BCUT2D eigenvalue weighted by molar-refractivity contribution is -0.128. The molecule has 0 aliphatic heterocycles. The Kier molecular flexibility index (Phi) is 5.83. The predicted molar refractivity (Wildman–Crippen MR) is 104 cm³/mol. The lowest BCUT2D eigenvalue weighted by Crippen LogP contribution is -2.53. The van der Waals surface area contributed by atoms with E-state index in [2.05, 4.69) is 20.8 Å². The first kappa shape index (κ1) is 18.3. The molecule has 26 heavy (non-hydrogen) atoms. The lowest BCUT2D eigenvalue weighted by atomic mass is 9.74. The molecule has 1 aliphatic rings. The number of benzene rings is 1. The summed E-state index contributed by atoms with van der Waals surface area (Å²) in [6.07, 6.45) is 3.97. The molecule has 0 spiro atoms. The zero-order valence-corrected chi connectivity index (χ0v) is 15.2. The monoisotopic (exact) mass is 353 g/mol. The molecule has 1 aromatic heterocycles. The molecule has 6 heteroatoms. The zero-order valence-electron chi connectivity index (χ0n) is 15.2. The summed E-state index contributed by atoms with van der Waals surface area (Å²) >= 11 is 0. The van der Waals surface area contributed by atoms with Crippen LogP contribution in [-0.4, -0.2) is 34.7 Å². The van der Waals surface area contributed by atoms with Crippen LogP contribution in [0.2, 0.25) is 0 Å². The molecule has 1 fully saturated rings. The quantitative estimate of drug-likeness (QED) is 0.694. The third kappa shape index (κ3) is 4.58. The fraction of sp³-hybridized carbons (Fsp3) is 0.450. The second-order valence-corrected chi connectivity index (χ2v) is 7.19. The number of aromatic nitrogens is 2. The van der Waals surface area contributed by atoms with Gasteiger partial charge in [0.1, 0.15) is 5.82 Å². The van der Waals surface area contributed by atoms with Gasteiger partial charge in [0.25, 0.3) is 0 Å². The first-order valence-electron chi connectivity index (χ1n) is 9.26. The maximum atomic E-state index is 12.4. The van der Waals surface area contributed by atoms with Gasteiger partial charge in [-0.1, -0.05) is 43.2 Å². The smallest absolute Gasteiger partial charge is 0.225 e. The van der Waals surface area contributed by atoms with Gasteiger partial charge in [-0.25, -0.2) is 0 Å². The van der Waals surface area contributed by atoms with E-state index in [1.54, 1.807) is 0 Å². The van der Waals surface area contributed by atoms with Crippen LogP contribution in [0.1, 0.15) is 32.6 Å². The van der Waals surface area contributed by atoms with Crippen molar-refractivity contribution in [1.82, 2.24) is 15.5 Å². The van der Waals surface area contributed by atoms with Crippen LogP contribution < -0.4 is 16.4 Å². The van der Waals surface area contributed by atoms with E-state index in [0.29, 0.717) is 18.9 Å². The van der Waals surface area contributed by atoms with E-state index < -0.39 is 5.54 Å². The number of nitrogens with two attached hydrogens (primary N) is 1. The topological polar surface area (TPSA) is 92.9 Å². The molecule has 6 nitrogen and oxygen atoms in total. The van der Waals surface area contributed by atoms with Gasteiger partial charge < -0.3 is 16.4 Å². The number of carbonyl (C=O) groups excluding carboxylic acids is 1. The van der Waals surface area contributed by atoms with E-state index in [1.165, 1.54) is 0 Å². The van der Waals surface area contributed by atoms with Crippen LogP contribution >= 0.6 is 0 Å². The van der Waals surface area contributed by atoms with E-state index in [4.69, 9.17) is 5.73 Å². The maximum absolute atomic E-state index is 12.4. The Bertz CT molecular complexity index is 715. The summed E-state index contributed by atoms with van der Waals surface area (Å²) in [6, 6.07) is 13.8. The SMILES string of the molecule is CC1(N)CCCCC1C(=O)NCCNc1ccc(-c2ccccc2)nn1. The minimum atomic E-state index is -0.394. The summed E-state index contributed by atoms with van der Waals surface area (Å²) < 4.78 is 0. The molecule has 1 amide bonds. The first-order chi connectivity index (χ1) is 12.6. The molecule has 2 unspecified atom stereocenters. The largest absolute Gasteiger partial charge is 0.367 e. The normalized spacial score (nSPS) is 22.6. The average molecular weight is 353 g/mol. The lowest BCUT2D eigenvalue weighted by Gasteiger charge is -2.37. The summed E-state index contributed by atoms with van der Waals surface area (Å²) in [5.74, 6) is 0.656. The zero-order chi connectivity index (χ0) is 18.4. The third-order valence-corrected chi connectivity index (χ3v) is 5.04. The molecule has 0 saturated heterocycles. The first-order valence-corrected chi connectivity index (χ1v) is 9.26. The molecule has 138 valence electrons. The molecule has 3 rings (SSSR count). The van der Waals surface area contributed by atoms with Gasteiger partial charge in [-0.2, -0.15) is 0 Å².